The molecule has 7 heteroatoms. The Morgan fingerprint density at radius 3 is 2.80 bits per heavy atom. The van der Waals surface area contributed by atoms with Gasteiger partial charge in [-0.15, -0.1) is 0 Å². The summed E-state index contributed by atoms with van der Waals surface area (Å²) < 4.78 is 0.733. The van der Waals surface area contributed by atoms with Gasteiger partial charge in [0.15, 0.2) is 0 Å². The van der Waals surface area contributed by atoms with E-state index in [1.165, 1.54) is 6.33 Å². The second kappa shape index (κ2) is 5.50. The fourth-order valence-corrected chi connectivity index (χ4v) is 1.51. The smallest absolute Gasteiger partial charge is 0.219 e. The summed E-state index contributed by atoms with van der Waals surface area (Å²) in [6, 6.07) is 0. The van der Waals surface area contributed by atoms with Gasteiger partial charge in [0.05, 0.1) is 0 Å². The van der Waals surface area contributed by atoms with Crippen LogP contribution >= 0.6 is 15.9 Å². The number of primary amides is 1. The molecule has 1 aromatic heterocycles. The Morgan fingerprint density at radius 1 is 1.53 bits per heavy atom. The Labute approximate surface area is 95.8 Å². The third-order valence-electron chi connectivity index (χ3n) is 1.69. The standard InChI is InChI=1S/C8H12BrN5O/c1-11-7-6(9)8(14-4-13-7)12-3-2-5(10)15/h4H,2-3H2,1H3,(H2,10,15)(H2,11,12,13,14). The van der Waals surface area contributed by atoms with Gasteiger partial charge in [-0.1, -0.05) is 0 Å². The molecule has 0 saturated carbocycles. The summed E-state index contributed by atoms with van der Waals surface area (Å²) in [6.07, 6.45) is 1.70. The van der Waals surface area contributed by atoms with Gasteiger partial charge in [-0.2, -0.15) is 0 Å². The average molecular weight is 274 g/mol. The molecule has 15 heavy (non-hydrogen) atoms. The van der Waals surface area contributed by atoms with E-state index in [9.17, 15) is 4.79 Å². The van der Waals surface area contributed by atoms with E-state index in [1.54, 1.807) is 7.05 Å². The Kier molecular flexibility index (Phi) is 4.29. The number of rotatable bonds is 5. The molecule has 1 amide bonds. The van der Waals surface area contributed by atoms with Gasteiger partial charge in [-0.3, -0.25) is 4.79 Å². The maximum Gasteiger partial charge on any atom is 0.219 e. The molecule has 0 aliphatic rings. The molecule has 1 heterocycles. The number of carbonyl (C=O) groups excluding carboxylic acids is 1. The maximum atomic E-state index is 10.5. The lowest BCUT2D eigenvalue weighted by molar-refractivity contribution is -0.117. The molecule has 0 unspecified atom stereocenters. The van der Waals surface area contributed by atoms with E-state index in [2.05, 4.69) is 36.5 Å². The van der Waals surface area contributed by atoms with Gasteiger partial charge in [0.25, 0.3) is 0 Å². The minimum atomic E-state index is -0.346. The number of amides is 1. The average Bonchev–Trinajstić information content (AvgIpc) is 2.20. The molecule has 0 atom stereocenters. The normalized spacial score (nSPS) is 9.73. The molecular formula is C8H12BrN5O. The zero-order valence-electron chi connectivity index (χ0n) is 8.25. The first-order valence-electron chi connectivity index (χ1n) is 4.35. The molecule has 0 aliphatic carbocycles. The van der Waals surface area contributed by atoms with Crippen LogP contribution in [0.3, 0.4) is 0 Å². The molecule has 0 bridgehead atoms. The van der Waals surface area contributed by atoms with Crippen LogP contribution in [0.2, 0.25) is 0 Å². The highest BCUT2D eigenvalue weighted by Gasteiger charge is 2.06. The Bertz CT molecular complexity index is 357. The van der Waals surface area contributed by atoms with Crippen molar-refractivity contribution in [3.8, 4) is 0 Å². The van der Waals surface area contributed by atoms with Crippen LogP contribution in [0.4, 0.5) is 11.6 Å². The first-order chi connectivity index (χ1) is 7.15. The summed E-state index contributed by atoms with van der Waals surface area (Å²) in [5, 5.41) is 5.89. The summed E-state index contributed by atoms with van der Waals surface area (Å²) in [6.45, 7) is 0.452. The molecule has 82 valence electrons. The number of aromatic nitrogens is 2. The number of hydrogen-bond donors (Lipinski definition) is 3. The summed E-state index contributed by atoms with van der Waals surface area (Å²) in [5.74, 6) is 0.976. The fourth-order valence-electron chi connectivity index (χ4n) is 0.971. The van der Waals surface area contributed by atoms with Crippen LogP contribution in [0.1, 0.15) is 6.42 Å². The van der Waals surface area contributed by atoms with Crippen molar-refractivity contribution in [3.05, 3.63) is 10.8 Å². The van der Waals surface area contributed by atoms with Crippen LogP contribution in [0.5, 0.6) is 0 Å². The lowest BCUT2D eigenvalue weighted by Crippen LogP contribution is -2.16. The highest BCUT2D eigenvalue weighted by Crippen LogP contribution is 2.25. The second-order valence-corrected chi connectivity index (χ2v) is 3.57. The Balaban J connectivity index is 2.64. The predicted octanol–water partition coefficient (Wildman–Crippen LogP) is 0.568. The molecule has 0 spiro atoms. The molecule has 4 N–H and O–H groups in total. The molecule has 6 nitrogen and oxygen atoms in total. The van der Waals surface area contributed by atoms with Crippen molar-refractivity contribution in [3.63, 3.8) is 0 Å². The number of nitrogens with zero attached hydrogens (tertiary/aromatic N) is 2. The Morgan fingerprint density at radius 2 is 2.20 bits per heavy atom. The summed E-state index contributed by atoms with van der Waals surface area (Å²) in [7, 11) is 1.76. The summed E-state index contributed by atoms with van der Waals surface area (Å²) in [4.78, 5) is 18.5. The van der Waals surface area contributed by atoms with E-state index in [1.807, 2.05) is 0 Å². The Hall–Kier alpha value is -1.37. The van der Waals surface area contributed by atoms with Gasteiger partial charge in [0, 0.05) is 20.0 Å². The van der Waals surface area contributed by atoms with E-state index in [4.69, 9.17) is 5.73 Å². The zero-order chi connectivity index (χ0) is 11.3. The molecule has 0 saturated heterocycles. The van der Waals surface area contributed by atoms with Gasteiger partial charge in [-0.25, -0.2) is 9.97 Å². The zero-order valence-corrected chi connectivity index (χ0v) is 9.84. The molecule has 0 aliphatic heterocycles. The number of carbonyl (C=O) groups is 1. The highest BCUT2D eigenvalue weighted by atomic mass is 79.9. The fraction of sp³-hybridized carbons (Fsp3) is 0.375. The van der Waals surface area contributed by atoms with Crippen LogP contribution < -0.4 is 16.4 Å². The van der Waals surface area contributed by atoms with Crippen LogP contribution in [0.25, 0.3) is 0 Å². The lowest BCUT2D eigenvalue weighted by atomic mass is 10.4. The van der Waals surface area contributed by atoms with Crippen molar-refractivity contribution in [2.45, 2.75) is 6.42 Å². The molecular weight excluding hydrogens is 262 g/mol. The van der Waals surface area contributed by atoms with E-state index in [0.717, 1.165) is 4.47 Å². The van der Waals surface area contributed by atoms with E-state index in [-0.39, 0.29) is 12.3 Å². The minimum Gasteiger partial charge on any atom is -0.372 e. The number of halogens is 1. The van der Waals surface area contributed by atoms with E-state index in [0.29, 0.717) is 18.2 Å². The highest BCUT2D eigenvalue weighted by molar-refractivity contribution is 9.10. The van der Waals surface area contributed by atoms with Crippen molar-refractivity contribution >= 4 is 33.5 Å². The molecule has 0 radical (unpaired) electrons. The maximum absolute atomic E-state index is 10.5. The third-order valence-corrected chi connectivity index (χ3v) is 2.44. The van der Waals surface area contributed by atoms with Gasteiger partial charge in [-0.05, 0) is 15.9 Å². The van der Waals surface area contributed by atoms with Gasteiger partial charge >= 0.3 is 0 Å². The second-order valence-electron chi connectivity index (χ2n) is 2.78. The van der Waals surface area contributed by atoms with Crippen molar-refractivity contribution < 1.29 is 4.79 Å². The first kappa shape index (κ1) is 11.7. The van der Waals surface area contributed by atoms with Crippen molar-refractivity contribution in [2.24, 2.45) is 5.73 Å². The molecule has 1 aromatic rings. The van der Waals surface area contributed by atoms with Crippen LogP contribution in [0.15, 0.2) is 10.8 Å². The first-order valence-corrected chi connectivity index (χ1v) is 5.15. The number of hydrogen-bond acceptors (Lipinski definition) is 5. The van der Waals surface area contributed by atoms with Crippen LogP contribution in [-0.2, 0) is 4.79 Å². The van der Waals surface area contributed by atoms with Gasteiger partial charge in [0.2, 0.25) is 5.91 Å². The van der Waals surface area contributed by atoms with E-state index < -0.39 is 0 Å². The van der Waals surface area contributed by atoms with Gasteiger partial charge in [0.1, 0.15) is 22.4 Å². The molecule has 0 fully saturated rings. The summed E-state index contributed by atoms with van der Waals surface area (Å²) >= 11 is 3.34. The monoisotopic (exact) mass is 273 g/mol. The van der Waals surface area contributed by atoms with Crippen LogP contribution in [0, 0.1) is 0 Å². The largest absolute Gasteiger partial charge is 0.372 e. The quantitative estimate of drug-likeness (QED) is 0.729. The lowest BCUT2D eigenvalue weighted by Gasteiger charge is -2.08. The number of anilines is 2. The van der Waals surface area contributed by atoms with Crippen LogP contribution in [-0.4, -0.2) is 29.5 Å². The van der Waals surface area contributed by atoms with Crippen molar-refractivity contribution in [1.29, 1.82) is 0 Å². The minimum absolute atomic E-state index is 0.269. The van der Waals surface area contributed by atoms with Crippen molar-refractivity contribution in [2.75, 3.05) is 24.2 Å². The molecule has 0 aromatic carbocycles. The third kappa shape index (κ3) is 3.35. The SMILES string of the molecule is CNc1ncnc(NCCC(N)=O)c1Br. The topological polar surface area (TPSA) is 92.9 Å². The van der Waals surface area contributed by atoms with Crippen molar-refractivity contribution in [1.82, 2.24) is 9.97 Å². The van der Waals surface area contributed by atoms with E-state index >= 15 is 0 Å². The molecule has 1 rings (SSSR count). The number of nitrogens with one attached hydrogen (secondary N) is 2. The summed E-state index contributed by atoms with van der Waals surface area (Å²) in [5.41, 5.74) is 5.01. The van der Waals surface area contributed by atoms with Gasteiger partial charge < -0.3 is 16.4 Å². The number of nitrogens with two attached hydrogens (primary N) is 1. The predicted molar refractivity (Wildman–Crippen MR) is 61.6 cm³/mol.